The number of rotatable bonds is 7. The maximum absolute atomic E-state index is 13.0. The number of ether oxygens (including phenoxy) is 3. The minimum atomic E-state index is -4.36. The number of alkyl halides is 3. The molecule has 0 N–H and O–H groups in total. The van der Waals surface area contributed by atoms with Crippen LogP contribution in [0.1, 0.15) is 79.3 Å². The molecule has 1 heterocycles. The van der Waals surface area contributed by atoms with E-state index in [4.69, 9.17) is 14.2 Å². The number of allylic oxidation sites excluding steroid dienone is 4. The summed E-state index contributed by atoms with van der Waals surface area (Å²) in [5.41, 5.74) is -2.13. The van der Waals surface area contributed by atoms with Crippen molar-refractivity contribution in [1.82, 2.24) is 14.5 Å². The summed E-state index contributed by atoms with van der Waals surface area (Å²) in [6.45, 7) is 10.2. The van der Waals surface area contributed by atoms with E-state index >= 15 is 0 Å². The average Bonchev–Trinajstić information content (AvgIpc) is 3.33. The normalized spacial score (nSPS) is 21.2. The van der Waals surface area contributed by atoms with Gasteiger partial charge in [-0.2, -0.15) is 13.2 Å². The summed E-state index contributed by atoms with van der Waals surface area (Å²) in [7, 11) is 1.29. The second kappa shape index (κ2) is 11.3. The first-order valence-corrected chi connectivity index (χ1v) is 13.2. The molecule has 12 heteroatoms. The van der Waals surface area contributed by atoms with Gasteiger partial charge in [-0.05, 0) is 85.6 Å². The molecule has 2 atom stereocenters. The standard InChI is InChI=1S/C28H38F3N3O6/c1-25(2,3)39-23(36)34(24(37)40-26(4,5)6)14-8-9-19-15-27(19,22(35)38-7)21-16-33(17-32-21)20-12-10-18(11-13-20)28(29,30)31/h10,12,16-17,19H,8-9,11,13-15H2,1-7H3. The van der Waals surface area contributed by atoms with E-state index in [0.29, 0.717) is 30.7 Å². The van der Waals surface area contributed by atoms with Crippen LogP contribution in [0.3, 0.4) is 0 Å². The third kappa shape index (κ3) is 7.45. The predicted octanol–water partition coefficient (Wildman–Crippen LogP) is 6.39. The minimum absolute atomic E-state index is 0.0206. The number of hydrogen-bond acceptors (Lipinski definition) is 7. The van der Waals surface area contributed by atoms with Gasteiger partial charge in [-0.1, -0.05) is 6.08 Å². The molecule has 1 aromatic rings. The molecule has 0 saturated heterocycles. The molecule has 40 heavy (non-hydrogen) atoms. The summed E-state index contributed by atoms with van der Waals surface area (Å²) in [5.74, 6) is -0.629. The molecule has 1 fully saturated rings. The van der Waals surface area contributed by atoms with Gasteiger partial charge in [-0.3, -0.25) is 4.79 Å². The Balaban J connectivity index is 1.72. The molecule has 0 aliphatic heterocycles. The second-order valence-electron chi connectivity index (χ2n) is 12.1. The molecule has 0 bridgehead atoms. The molecule has 1 saturated carbocycles. The Bertz CT molecular complexity index is 1160. The number of nitrogens with zero attached hydrogens (tertiary/aromatic N) is 3. The van der Waals surface area contributed by atoms with Crippen molar-refractivity contribution < 1.29 is 41.8 Å². The molecule has 2 aliphatic carbocycles. The fourth-order valence-corrected chi connectivity index (χ4v) is 4.70. The Morgan fingerprint density at radius 1 is 1.02 bits per heavy atom. The number of esters is 1. The topological polar surface area (TPSA) is 100.0 Å². The van der Waals surface area contributed by atoms with Crippen LogP contribution >= 0.6 is 0 Å². The van der Waals surface area contributed by atoms with Crippen molar-refractivity contribution in [2.75, 3.05) is 13.7 Å². The lowest BCUT2D eigenvalue weighted by Gasteiger charge is -2.28. The molecule has 0 radical (unpaired) electrons. The van der Waals surface area contributed by atoms with Gasteiger partial charge in [-0.15, -0.1) is 0 Å². The van der Waals surface area contributed by atoms with Gasteiger partial charge in [0.2, 0.25) is 0 Å². The van der Waals surface area contributed by atoms with Crippen molar-refractivity contribution >= 4 is 23.9 Å². The minimum Gasteiger partial charge on any atom is -0.468 e. The lowest BCUT2D eigenvalue weighted by Crippen LogP contribution is -2.44. The van der Waals surface area contributed by atoms with Gasteiger partial charge in [0.1, 0.15) is 16.6 Å². The van der Waals surface area contributed by atoms with E-state index in [1.165, 1.54) is 19.5 Å². The van der Waals surface area contributed by atoms with Crippen molar-refractivity contribution in [3.05, 3.63) is 35.9 Å². The fraction of sp³-hybridized carbons (Fsp3) is 0.643. The first-order chi connectivity index (χ1) is 18.4. The van der Waals surface area contributed by atoms with Crippen molar-refractivity contribution in [3.63, 3.8) is 0 Å². The van der Waals surface area contributed by atoms with E-state index in [1.54, 1.807) is 52.3 Å². The van der Waals surface area contributed by atoms with E-state index in [2.05, 4.69) is 4.98 Å². The highest BCUT2D eigenvalue weighted by Gasteiger charge is 2.63. The van der Waals surface area contributed by atoms with Crippen molar-refractivity contribution in [1.29, 1.82) is 0 Å². The molecule has 2 aliphatic rings. The molecule has 9 nitrogen and oxygen atoms in total. The summed E-state index contributed by atoms with van der Waals surface area (Å²) in [6, 6.07) is 0. The van der Waals surface area contributed by atoms with E-state index in [0.717, 1.165) is 11.0 Å². The molecular weight excluding hydrogens is 531 g/mol. The third-order valence-corrected chi connectivity index (χ3v) is 6.68. The number of carbonyl (C=O) groups excluding carboxylic acids is 3. The van der Waals surface area contributed by atoms with Gasteiger partial charge < -0.3 is 18.8 Å². The Labute approximate surface area is 232 Å². The van der Waals surface area contributed by atoms with E-state index < -0.39 is 46.5 Å². The van der Waals surface area contributed by atoms with Gasteiger partial charge >= 0.3 is 24.3 Å². The fourth-order valence-electron chi connectivity index (χ4n) is 4.70. The Morgan fingerprint density at radius 3 is 2.10 bits per heavy atom. The summed E-state index contributed by atoms with van der Waals surface area (Å²) < 4.78 is 56.4. The average molecular weight is 570 g/mol. The summed E-state index contributed by atoms with van der Waals surface area (Å²) >= 11 is 0. The highest BCUT2D eigenvalue weighted by molar-refractivity contribution is 5.88. The number of amides is 2. The zero-order valence-electron chi connectivity index (χ0n) is 24.1. The largest absolute Gasteiger partial charge is 0.468 e. The van der Waals surface area contributed by atoms with Crippen molar-refractivity contribution in [2.24, 2.45) is 5.92 Å². The number of hydrogen-bond donors (Lipinski definition) is 0. The van der Waals surface area contributed by atoms with E-state index in [-0.39, 0.29) is 25.3 Å². The Morgan fingerprint density at radius 2 is 1.62 bits per heavy atom. The smallest absolute Gasteiger partial charge is 0.419 e. The summed E-state index contributed by atoms with van der Waals surface area (Å²) in [5, 5.41) is 0. The van der Waals surface area contributed by atoms with Gasteiger partial charge in [0.15, 0.2) is 0 Å². The zero-order chi connectivity index (χ0) is 30.1. The molecule has 2 amide bonds. The number of imidazole rings is 1. The predicted molar refractivity (Wildman–Crippen MR) is 140 cm³/mol. The number of imide groups is 1. The van der Waals surface area contributed by atoms with Crippen molar-refractivity contribution in [2.45, 2.75) is 96.4 Å². The molecule has 222 valence electrons. The second-order valence-corrected chi connectivity index (χ2v) is 12.1. The highest BCUT2D eigenvalue weighted by atomic mass is 19.4. The maximum Gasteiger partial charge on any atom is 0.419 e. The molecular formula is C28H38F3N3O6. The maximum atomic E-state index is 13.0. The number of aromatic nitrogens is 2. The molecule has 2 unspecified atom stereocenters. The van der Waals surface area contributed by atoms with Crippen LogP contribution in [0.4, 0.5) is 22.8 Å². The van der Waals surface area contributed by atoms with Crippen LogP contribution in [0.15, 0.2) is 30.2 Å². The Kier molecular flexibility index (Phi) is 8.81. The van der Waals surface area contributed by atoms with Crippen LogP contribution in [0.2, 0.25) is 0 Å². The molecule has 0 spiro atoms. The zero-order valence-corrected chi connectivity index (χ0v) is 24.1. The van der Waals surface area contributed by atoms with Gasteiger partial charge in [0.25, 0.3) is 0 Å². The SMILES string of the molecule is COC(=O)C1(c2cn(C3=CC=C(C(F)(F)F)CC3)cn2)CC1CCCN(C(=O)OC(C)(C)C)C(=O)OC(C)(C)C. The Hall–Kier alpha value is -3.31. The lowest BCUT2D eigenvalue weighted by atomic mass is 9.97. The summed E-state index contributed by atoms with van der Waals surface area (Å²) in [4.78, 5) is 43.7. The van der Waals surface area contributed by atoms with Crippen LogP contribution in [-0.4, -0.2) is 63.6 Å². The summed E-state index contributed by atoms with van der Waals surface area (Å²) in [6.07, 6.45) is 0.961. The van der Waals surface area contributed by atoms with Crippen LogP contribution in [-0.2, 0) is 24.4 Å². The van der Waals surface area contributed by atoms with Gasteiger partial charge in [-0.25, -0.2) is 19.5 Å². The molecule has 0 aromatic carbocycles. The molecule has 1 aromatic heterocycles. The van der Waals surface area contributed by atoms with E-state index in [9.17, 15) is 27.6 Å². The quantitative estimate of drug-likeness (QED) is 0.277. The van der Waals surface area contributed by atoms with Crippen LogP contribution < -0.4 is 0 Å². The molecule has 3 rings (SSSR count). The van der Waals surface area contributed by atoms with Gasteiger partial charge in [0.05, 0.1) is 19.1 Å². The van der Waals surface area contributed by atoms with Crippen molar-refractivity contribution in [3.8, 4) is 0 Å². The highest BCUT2D eigenvalue weighted by Crippen LogP contribution is 2.57. The van der Waals surface area contributed by atoms with Gasteiger partial charge in [0, 0.05) is 24.0 Å². The van der Waals surface area contributed by atoms with Crippen LogP contribution in [0.5, 0.6) is 0 Å². The van der Waals surface area contributed by atoms with Crippen LogP contribution in [0.25, 0.3) is 5.70 Å². The number of methoxy groups -OCH3 is 1. The monoisotopic (exact) mass is 569 g/mol. The number of halogens is 3. The number of carbonyl (C=O) groups is 3. The first kappa shape index (κ1) is 31.2. The van der Waals surface area contributed by atoms with E-state index in [1.807, 2.05) is 0 Å². The third-order valence-electron chi connectivity index (χ3n) is 6.68. The van der Waals surface area contributed by atoms with Crippen LogP contribution in [0, 0.1) is 5.92 Å². The first-order valence-electron chi connectivity index (χ1n) is 13.2. The lowest BCUT2D eigenvalue weighted by molar-refractivity contribution is -0.144.